The van der Waals surface area contributed by atoms with E-state index in [4.69, 9.17) is 5.11 Å². The van der Waals surface area contributed by atoms with Crippen LogP contribution in [0, 0.1) is 13.8 Å². The van der Waals surface area contributed by atoms with E-state index in [2.05, 4.69) is 15.5 Å². The lowest BCUT2D eigenvalue weighted by atomic mass is 10.1. The Morgan fingerprint density at radius 2 is 2.12 bits per heavy atom. The van der Waals surface area contributed by atoms with E-state index in [0.29, 0.717) is 0 Å². The molecule has 0 aromatic carbocycles. The van der Waals surface area contributed by atoms with Crippen LogP contribution in [0.3, 0.4) is 0 Å². The van der Waals surface area contributed by atoms with Crippen molar-refractivity contribution in [1.82, 2.24) is 15.5 Å². The van der Waals surface area contributed by atoms with Gasteiger partial charge in [-0.3, -0.25) is 14.7 Å². The molecular formula is C10H15N3O3. The minimum atomic E-state index is -1.05. The second-order valence-electron chi connectivity index (χ2n) is 3.72. The number of aromatic amines is 1. The number of nitrogens with zero attached hydrogens (tertiary/aromatic N) is 1. The summed E-state index contributed by atoms with van der Waals surface area (Å²) in [6, 6.07) is -0.875. The number of hydrogen-bond donors (Lipinski definition) is 3. The van der Waals surface area contributed by atoms with Gasteiger partial charge in [0.15, 0.2) is 0 Å². The smallest absolute Gasteiger partial charge is 0.325 e. The summed E-state index contributed by atoms with van der Waals surface area (Å²) in [5.74, 6) is -1.36. The number of H-pyrrole nitrogens is 1. The van der Waals surface area contributed by atoms with Crippen LogP contribution in [0.15, 0.2) is 0 Å². The molecule has 1 amide bonds. The highest BCUT2D eigenvalue weighted by molar-refractivity contribution is 5.84. The number of amides is 1. The van der Waals surface area contributed by atoms with E-state index >= 15 is 0 Å². The Hall–Kier alpha value is -1.85. The van der Waals surface area contributed by atoms with Crippen LogP contribution < -0.4 is 5.32 Å². The first-order valence-corrected chi connectivity index (χ1v) is 4.94. The van der Waals surface area contributed by atoms with Crippen LogP contribution in [0.2, 0.25) is 0 Å². The van der Waals surface area contributed by atoms with Crippen molar-refractivity contribution in [3.05, 3.63) is 17.0 Å². The molecule has 1 aromatic rings. The van der Waals surface area contributed by atoms with Crippen LogP contribution >= 0.6 is 0 Å². The van der Waals surface area contributed by atoms with Crippen molar-refractivity contribution in [2.45, 2.75) is 33.2 Å². The fourth-order valence-electron chi connectivity index (χ4n) is 1.35. The third-order valence-electron chi connectivity index (χ3n) is 2.37. The Bertz CT molecular complexity index is 392. The first-order chi connectivity index (χ1) is 7.41. The van der Waals surface area contributed by atoms with Crippen LogP contribution in [0.25, 0.3) is 0 Å². The number of hydrogen-bond acceptors (Lipinski definition) is 3. The second kappa shape index (κ2) is 4.78. The third-order valence-corrected chi connectivity index (χ3v) is 2.37. The number of carboxylic acid groups (broad SMARTS) is 1. The van der Waals surface area contributed by atoms with E-state index in [1.807, 2.05) is 6.92 Å². The molecule has 16 heavy (non-hydrogen) atoms. The van der Waals surface area contributed by atoms with Crippen LogP contribution in [0.5, 0.6) is 0 Å². The van der Waals surface area contributed by atoms with Crippen molar-refractivity contribution in [2.24, 2.45) is 0 Å². The van der Waals surface area contributed by atoms with Crippen molar-refractivity contribution >= 4 is 11.9 Å². The Labute approximate surface area is 93.1 Å². The van der Waals surface area contributed by atoms with Gasteiger partial charge in [-0.1, -0.05) is 0 Å². The normalized spacial score (nSPS) is 12.2. The Balaban J connectivity index is 2.62. The van der Waals surface area contributed by atoms with Gasteiger partial charge in [-0.05, 0) is 20.8 Å². The first-order valence-electron chi connectivity index (χ1n) is 4.94. The highest BCUT2D eigenvalue weighted by atomic mass is 16.4. The molecule has 1 aromatic heterocycles. The van der Waals surface area contributed by atoms with Crippen molar-refractivity contribution in [3.8, 4) is 0 Å². The van der Waals surface area contributed by atoms with Gasteiger partial charge in [-0.25, -0.2) is 0 Å². The highest BCUT2D eigenvalue weighted by Gasteiger charge is 2.16. The Morgan fingerprint density at radius 1 is 1.50 bits per heavy atom. The monoisotopic (exact) mass is 225 g/mol. The van der Waals surface area contributed by atoms with Gasteiger partial charge in [0.25, 0.3) is 0 Å². The van der Waals surface area contributed by atoms with Crippen LogP contribution in [0.1, 0.15) is 23.9 Å². The molecular weight excluding hydrogens is 210 g/mol. The SMILES string of the molecule is Cc1n[nH]c(C)c1CC(=O)N[C@H](C)C(=O)O. The standard InChI is InChI=1S/C10H15N3O3/c1-5-8(6(2)13-12-5)4-9(14)11-7(3)10(15)16/h7H,4H2,1-3H3,(H,11,14)(H,12,13)(H,15,16)/t7-/m1/s1. The molecule has 3 N–H and O–H groups in total. The number of aromatic nitrogens is 2. The molecule has 1 rings (SSSR count). The van der Waals surface area contributed by atoms with Crippen LogP contribution in [-0.4, -0.2) is 33.2 Å². The number of aliphatic carboxylic acids is 1. The summed E-state index contributed by atoms with van der Waals surface area (Å²) in [4.78, 5) is 22.1. The second-order valence-corrected chi connectivity index (χ2v) is 3.72. The van der Waals surface area contributed by atoms with Gasteiger partial charge in [0.05, 0.1) is 12.1 Å². The maximum absolute atomic E-state index is 11.5. The summed E-state index contributed by atoms with van der Waals surface area (Å²) in [6.45, 7) is 5.05. The fourth-order valence-corrected chi connectivity index (χ4v) is 1.35. The van der Waals surface area contributed by atoms with Gasteiger partial charge >= 0.3 is 5.97 Å². The average molecular weight is 225 g/mol. The number of aryl methyl sites for hydroxylation is 2. The molecule has 88 valence electrons. The number of rotatable bonds is 4. The summed E-state index contributed by atoms with van der Waals surface area (Å²) < 4.78 is 0. The van der Waals surface area contributed by atoms with E-state index in [1.165, 1.54) is 6.92 Å². The number of carboxylic acids is 1. The van der Waals surface area contributed by atoms with Crippen molar-refractivity contribution in [3.63, 3.8) is 0 Å². The molecule has 0 saturated carbocycles. The topological polar surface area (TPSA) is 95.1 Å². The Morgan fingerprint density at radius 3 is 2.56 bits per heavy atom. The lowest BCUT2D eigenvalue weighted by molar-refractivity contribution is -0.141. The highest BCUT2D eigenvalue weighted by Crippen LogP contribution is 2.09. The molecule has 0 aliphatic rings. The van der Waals surface area contributed by atoms with E-state index in [0.717, 1.165) is 17.0 Å². The zero-order valence-corrected chi connectivity index (χ0v) is 9.50. The molecule has 0 unspecified atom stereocenters. The molecule has 0 saturated heterocycles. The quantitative estimate of drug-likeness (QED) is 0.680. The molecule has 0 bridgehead atoms. The molecule has 6 nitrogen and oxygen atoms in total. The summed E-state index contributed by atoms with van der Waals surface area (Å²) in [6.07, 6.45) is 0.145. The molecule has 0 aliphatic heterocycles. The molecule has 0 aliphatic carbocycles. The lowest BCUT2D eigenvalue weighted by Crippen LogP contribution is -2.39. The van der Waals surface area contributed by atoms with Crippen molar-refractivity contribution < 1.29 is 14.7 Å². The average Bonchev–Trinajstić information content (AvgIpc) is 2.49. The number of carbonyl (C=O) groups is 2. The largest absolute Gasteiger partial charge is 0.480 e. The van der Waals surface area contributed by atoms with E-state index in [1.54, 1.807) is 6.92 Å². The third kappa shape index (κ3) is 2.82. The van der Waals surface area contributed by atoms with Gasteiger partial charge in [0, 0.05) is 11.3 Å². The summed E-state index contributed by atoms with van der Waals surface area (Å²) in [7, 11) is 0. The predicted octanol–water partition coefficient (Wildman–Crippen LogP) is 0.158. The van der Waals surface area contributed by atoms with E-state index in [9.17, 15) is 9.59 Å². The summed E-state index contributed by atoms with van der Waals surface area (Å²) >= 11 is 0. The van der Waals surface area contributed by atoms with Gasteiger partial charge in [-0.15, -0.1) is 0 Å². The van der Waals surface area contributed by atoms with Gasteiger partial charge < -0.3 is 10.4 Å². The first kappa shape index (κ1) is 12.2. The van der Waals surface area contributed by atoms with Crippen molar-refractivity contribution in [2.75, 3.05) is 0 Å². The van der Waals surface area contributed by atoms with E-state index < -0.39 is 12.0 Å². The minimum absolute atomic E-state index is 0.145. The molecule has 1 atom stereocenters. The van der Waals surface area contributed by atoms with Crippen LogP contribution in [-0.2, 0) is 16.0 Å². The zero-order valence-electron chi connectivity index (χ0n) is 9.50. The Kier molecular flexibility index (Phi) is 3.65. The fraction of sp³-hybridized carbons (Fsp3) is 0.500. The lowest BCUT2D eigenvalue weighted by Gasteiger charge is -2.09. The van der Waals surface area contributed by atoms with Crippen LogP contribution in [0.4, 0.5) is 0 Å². The van der Waals surface area contributed by atoms with E-state index in [-0.39, 0.29) is 12.3 Å². The maximum Gasteiger partial charge on any atom is 0.325 e. The molecule has 0 spiro atoms. The molecule has 1 heterocycles. The van der Waals surface area contributed by atoms with Crippen molar-refractivity contribution in [1.29, 1.82) is 0 Å². The minimum Gasteiger partial charge on any atom is -0.480 e. The van der Waals surface area contributed by atoms with Gasteiger partial charge in [0.2, 0.25) is 5.91 Å². The number of nitrogens with one attached hydrogen (secondary N) is 2. The summed E-state index contributed by atoms with van der Waals surface area (Å²) in [5.41, 5.74) is 2.40. The molecule has 0 fully saturated rings. The molecule has 0 radical (unpaired) electrons. The maximum atomic E-state index is 11.5. The predicted molar refractivity (Wildman–Crippen MR) is 57.0 cm³/mol. The number of carbonyl (C=O) groups excluding carboxylic acids is 1. The van der Waals surface area contributed by atoms with Gasteiger partial charge in [0.1, 0.15) is 6.04 Å². The summed E-state index contributed by atoms with van der Waals surface area (Å²) in [5, 5.41) is 17.8. The zero-order chi connectivity index (χ0) is 12.3. The molecule has 6 heteroatoms. The van der Waals surface area contributed by atoms with Gasteiger partial charge in [-0.2, -0.15) is 5.10 Å².